The second-order valence-electron chi connectivity index (χ2n) is 5.48. The fraction of sp³-hybridized carbons (Fsp3) is 0.625. The molecule has 1 amide bonds. The molecule has 0 radical (unpaired) electrons. The number of piperidine rings is 1. The first kappa shape index (κ1) is 16.4. The van der Waals surface area contributed by atoms with E-state index in [9.17, 15) is 4.79 Å². The number of carbonyl (C=O) groups is 1. The van der Waals surface area contributed by atoms with Crippen molar-refractivity contribution in [3.05, 3.63) is 24.5 Å². The van der Waals surface area contributed by atoms with E-state index >= 15 is 0 Å². The number of aliphatic imine (C=N–C) groups is 1. The third-order valence-electron chi connectivity index (χ3n) is 3.75. The van der Waals surface area contributed by atoms with Crippen LogP contribution in [0.2, 0.25) is 0 Å². The lowest BCUT2D eigenvalue weighted by Gasteiger charge is -2.26. The molecule has 1 aromatic rings. The minimum absolute atomic E-state index is 0.127. The monoisotopic (exact) mass is 305 g/mol. The molecule has 0 unspecified atom stereocenters. The van der Waals surface area contributed by atoms with Gasteiger partial charge in [-0.15, -0.1) is 0 Å². The normalized spacial score (nSPS) is 15.7. The Kier molecular flexibility index (Phi) is 6.80. The Labute approximate surface area is 132 Å². The molecule has 122 valence electrons. The van der Waals surface area contributed by atoms with E-state index in [1.807, 2.05) is 36.4 Å². The minimum Gasteiger partial charge on any atom is -0.357 e. The van der Waals surface area contributed by atoms with Gasteiger partial charge in [0.2, 0.25) is 5.91 Å². The summed E-state index contributed by atoms with van der Waals surface area (Å²) in [5, 5.41) is 6.44. The SMILES string of the molecule is CCNC(=NCC(=O)N1CCCCC1)NCCn1cccc1. The number of amides is 1. The maximum absolute atomic E-state index is 12.1. The van der Waals surface area contributed by atoms with Crippen LogP contribution in [0.25, 0.3) is 0 Å². The molecular weight excluding hydrogens is 278 g/mol. The minimum atomic E-state index is 0.127. The summed E-state index contributed by atoms with van der Waals surface area (Å²) in [6, 6.07) is 4.02. The Morgan fingerprint density at radius 3 is 2.55 bits per heavy atom. The number of hydrogen-bond donors (Lipinski definition) is 2. The van der Waals surface area contributed by atoms with Gasteiger partial charge < -0.3 is 20.1 Å². The van der Waals surface area contributed by atoms with Gasteiger partial charge in [-0.2, -0.15) is 0 Å². The number of guanidine groups is 1. The number of likely N-dealkylation sites (tertiary alicyclic amines) is 1. The van der Waals surface area contributed by atoms with Gasteiger partial charge in [-0.1, -0.05) is 0 Å². The zero-order valence-electron chi connectivity index (χ0n) is 13.4. The van der Waals surface area contributed by atoms with E-state index in [4.69, 9.17) is 0 Å². The third kappa shape index (κ3) is 5.42. The number of rotatable bonds is 6. The molecule has 0 spiro atoms. The van der Waals surface area contributed by atoms with Crippen LogP contribution < -0.4 is 10.6 Å². The molecule has 2 heterocycles. The van der Waals surface area contributed by atoms with Crippen molar-refractivity contribution >= 4 is 11.9 Å². The second-order valence-corrected chi connectivity index (χ2v) is 5.48. The number of nitrogens with one attached hydrogen (secondary N) is 2. The van der Waals surface area contributed by atoms with Crippen LogP contribution >= 0.6 is 0 Å². The van der Waals surface area contributed by atoms with Gasteiger partial charge in [0, 0.05) is 45.1 Å². The summed E-state index contributed by atoms with van der Waals surface area (Å²) in [5.74, 6) is 0.835. The van der Waals surface area contributed by atoms with Gasteiger partial charge in [-0.25, -0.2) is 4.99 Å². The smallest absolute Gasteiger partial charge is 0.244 e. The number of nitrogens with zero attached hydrogens (tertiary/aromatic N) is 3. The van der Waals surface area contributed by atoms with Crippen molar-refractivity contribution in [2.24, 2.45) is 4.99 Å². The van der Waals surface area contributed by atoms with E-state index in [0.717, 1.165) is 45.6 Å². The fourth-order valence-corrected chi connectivity index (χ4v) is 2.55. The molecular formula is C16H27N5O. The average molecular weight is 305 g/mol. The first-order valence-electron chi connectivity index (χ1n) is 8.20. The Bertz CT molecular complexity index is 463. The van der Waals surface area contributed by atoms with E-state index in [0.29, 0.717) is 5.96 Å². The van der Waals surface area contributed by atoms with Crippen LogP contribution in [-0.2, 0) is 11.3 Å². The first-order chi connectivity index (χ1) is 10.8. The maximum Gasteiger partial charge on any atom is 0.244 e. The maximum atomic E-state index is 12.1. The molecule has 0 bridgehead atoms. The molecule has 0 atom stereocenters. The highest BCUT2D eigenvalue weighted by Gasteiger charge is 2.15. The summed E-state index contributed by atoms with van der Waals surface area (Å²) >= 11 is 0. The lowest BCUT2D eigenvalue weighted by atomic mass is 10.1. The highest BCUT2D eigenvalue weighted by Crippen LogP contribution is 2.08. The molecule has 6 heteroatoms. The molecule has 0 aliphatic carbocycles. The predicted octanol–water partition coefficient (Wildman–Crippen LogP) is 1.06. The predicted molar refractivity (Wildman–Crippen MR) is 88.8 cm³/mol. The number of aromatic nitrogens is 1. The highest BCUT2D eigenvalue weighted by molar-refractivity contribution is 5.84. The van der Waals surface area contributed by atoms with E-state index in [1.165, 1.54) is 6.42 Å². The van der Waals surface area contributed by atoms with Crippen LogP contribution in [0.15, 0.2) is 29.5 Å². The van der Waals surface area contributed by atoms with Gasteiger partial charge in [-0.05, 0) is 38.3 Å². The zero-order chi connectivity index (χ0) is 15.6. The van der Waals surface area contributed by atoms with Gasteiger partial charge in [0.1, 0.15) is 6.54 Å². The molecule has 0 saturated carbocycles. The summed E-state index contributed by atoms with van der Waals surface area (Å²) in [7, 11) is 0. The quantitative estimate of drug-likeness (QED) is 0.610. The lowest BCUT2D eigenvalue weighted by Crippen LogP contribution is -2.41. The summed E-state index contributed by atoms with van der Waals surface area (Å²) in [6.45, 7) is 6.44. The molecule has 6 nitrogen and oxygen atoms in total. The molecule has 1 aliphatic heterocycles. The highest BCUT2D eigenvalue weighted by atomic mass is 16.2. The van der Waals surface area contributed by atoms with Crippen LogP contribution in [-0.4, -0.2) is 54.1 Å². The van der Waals surface area contributed by atoms with E-state index in [-0.39, 0.29) is 12.5 Å². The van der Waals surface area contributed by atoms with Crippen LogP contribution in [0, 0.1) is 0 Å². The van der Waals surface area contributed by atoms with Gasteiger partial charge in [0.15, 0.2) is 5.96 Å². The van der Waals surface area contributed by atoms with Gasteiger partial charge in [0.05, 0.1) is 0 Å². The lowest BCUT2D eigenvalue weighted by molar-refractivity contribution is -0.130. The Hall–Kier alpha value is -1.98. The number of hydrogen-bond acceptors (Lipinski definition) is 2. The standard InChI is InChI=1S/C16H27N5O/c1-2-17-16(18-8-13-20-9-6-7-10-20)19-14-15(22)21-11-4-3-5-12-21/h6-7,9-10H,2-5,8,11-14H2,1H3,(H2,17,18,19). The third-order valence-corrected chi connectivity index (χ3v) is 3.75. The fourth-order valence-electron chi connectivity index (χ4n) is 2.55. The Morgan fingerprint density at radius 1 is 1.14 bits per heavy atom. The van der Waals surface area contributed by atoms with E-state index in [2.05, 4.69) is 20.2 Å². The van der Waals surface area contributed by atoms with Crippen LogP contribution in [0.4, 0.5) is 0 Å². The molecule has 2 rings (SSSR count). The van der Waals surface area contributed by atoms with E-state index in [1.54, 1.807) is 0 Å². The molecule has 0 aromatic carbocycles. The van der Waals surface area contributed by atoms with Crippen LogP contribution in [0.3, 0.4) is 0 Å². The van der Waals surface area contributed by atoms with Crippen molar-refractivity contribution in [2.45, 2.75) is 32.7 Å². The molecule has 1 aromatic heterocycles. The summed E-state index contributed by atoms with van der Waals surface area (Å²) in [4.78, 5) is 18.5. The average Bonchev–Trinajstić information content (AvgIpc) is 3.06. The summed E-state index contributed by atoms with van der Waals surface area (Å²) in [6.07, 6.45) is 7.53. The number of carbonyl (C=O) groups excluding carboxylic acids is 1. The topological polar surface area (TPSA) is 61.7 Å². The van der Waals surface area contributed by atoms with Crippen molar-refractivity contribution in [1.82, 2.24) is 20.1 Å². The Balaban J connectivity index is 1.76. The van der Waals surface area contributed by atoms with Crippen LogP contribution in [0.5, 0.6) is 0 Å². The van der Waals surface area contributed by atoms with Gasteiger partial charge in [-0.3, -0.25) is 4.79 Å². The first-order valence-corrected chi connectivity index (χ1v) is 8.20. The molecule has 2 N–H and O–H groups in total. The second kappa shape index (κ2) is 9.12. The summed E-state index contributed by atoms with van der Waals surface area (Å²) in [5.41, 5.74) is 0. The zero-order valence-corrected chi connectivity index (χ0v) is 13.4. The van der Waals surface area contributed by atoms with Crippen molar-refractivity contribution in [3.63, 3.8) is 0 Å². The molecule has 22 heavy (non-hydrogen) atoms. The Morgan fingerprint density at radius 2 is 1.86 bits per heavy atom. The molecule has 1 saturated heterocycles. The van der Waals surface area contributed by atoms with Gasteiger partial charge >= 0.3 is 0 Å². The van der Waals surface area contributed by atoms with E-state index < -0.39 is 0 Å². The molecule has 1 fully saturated rings. The van der Waals surface area contributed by atoms with Crippen molar-refractivity contribution in [1.29, 1.82) is 0 Å². The van der Waals surface area contributed by atoms with Crippen molar-refractivity contribution < 1.29 is 4.79 Å². The van der Waals surface area contributed by atoms with Gasteiger partial charge in [0.25, 0.3) is 0 Å². The van der Waals surface area contributed by atoms with Crippen LogP contribution in [0.1, 0.15) is 26.2 Å². The summed E-state index contributed by atoms with van der Waals surface area (Å²) < 4.78 is 2.11. The van der Waals surface area contributed by atoms with Crippen molar-refractivity contribution in [2.75, 3.05) is 32.7 Å². The largest absolute Gasteiger partial charge is 0.357 e. The molecule has 1 aliphatic rings. The van der Waals surface area contributed by atoms with Crippen molar-refractivity contribution in [3.8, 4) is 0 Å².